The molecule has 0 amide bonds. The van der Waals surface area contributed by atoms with Crippen molar-refractivity contribution in [2.45, 2.75) is 5.92 Å². The summed E-state index contributed by atoms with van der Waals surface area (Å²) in [6.45, 7) is -0.0290. The number of aliphatic carboxylic acids is 1. The van der Waals surface area contributed by atoms with Crippen molar-refractivity contribution in [2.75, 3.05) is 6.54 Å². The molecule has 0 aromatic heterocycles. The molecular formula is C9H11ClFNO2. The van der Waals surface area contributed by atoms with Crippen molar-refractivity contribution in [3.8, 4) is 0 Å². The van der Waals surface area contributed by atoms with E-state index in [0.29, 0.717) is 5.56 Å². The molecule has 1 aromatic carbocycles. The molecule has 0 fully saturated rings. The van der Waals surface area contributed by atoms with Gasteiger partial charge in [0.1, 0.15) is 5.82 Å². The lowest BCUT2D eigenvalue weighted by Crippen LogP contribution is -2.21. The fourth-order valence-electron chi connectivity index (χ4n) is 1.10. The van der Waals surface area contributed by atoms with Crippen molar-refractivity contribution in [3.05, 3.63) is 35.6 Å². The van der Waals surface area contributed by atoms with Gasteiger partial charge < -0.3 is 10.8 Å². The summed E-state index contributed by atoms with van der Waals surface area (Å²) >= 11 is 0. The second-order valence-electron chi connectivity index (χ2n) is 2.68. The van der Waals surface area contributed by atoms with E-state index in [1.165, 1.54) is 18.2 Å². The lowest BCUT2D eigenvalue weighted by molar-refractivity contribution is -0.138. The lowest BCUT2D eigenvalue weighted by Gasteiger charge is -2.09. The molecule has 0 spiro atoms. The summed E-state index contributed by atoms with van der Waals surface area (Å²) in [5.41, 5.74) is 5.65. The fraction of sp³-hybridized carbons (Fsp3) is 0.222. The Bertz CT molecular complexity index is 319. The van der Waals surface area contributed by atoms with E-state index in [9.17, 15) is 9.18 Å². The third-order valence-corrected chi connectivity index (χ3v) is 1.78. The largest absolute Gasteiger partial charge is 0.481 e. The first-order valence-corrected chi connectivity index (χ1v) is 3.83. The summed E-state index contributed by atoms with van der Waals surface area (Å²) in [5.74, 6) is -2.30. The molecule has 0 bridgehead atoms. The van der Waals surface area contributed by atoms with Gasteiger partial charge in [-0.3, -0.25) is 4.79 Å². The zero-order chi connectivity index (χ0) is 9.84. The predicted molar refractivity (Wildman–Crippen MR) is 53.1 cm³/mol. The van der Waals surface area contributed by atoms with Gasteiger partial charge in [0.05, 0.1) is 5.92 Å². The van der Waals surface area contributed by atoms with Crippen LogP contribution < -0.4 is 5.73 Å². The molecule has 3 N–H and O–H groups in total. The zero-order valence-electron chi connectivity index (χ0n) is 7.31. The van der Waals surface area contributed by atoms with E-state index in [1.54, 1.807) is 6.07 Å². The Labute approximate surface area is 87.1 Å². The molecule has 3 nitrogen and oxygen atoms in total. The number of carboxylic acid groups (broad SMARTS) is 1. The summed E-state index contributed by atoms with van der Waals surface area (Å²) in [6, 6.07) is 5.47. The topological polar surface area (TPSA) is 63.3 Å². The molecule has 0 heterocycles. The fourth-order valence-corrected chi connectivity index (χ4v) is 1.10. The number of halogens is 2. The van der Waals surface area contributed by atoms with Crippen LogP contribution in [0.15, 0.2) is 24.3 Å². The number of rotatable bonds is 3. The van der Waals surface area contributed by atoms with E-state index in [-0.39, 0.29) is 19.0 Å². The van der Waals surface area contributed by atoms with E-state index in [4.69, 9.17) is 10.8 Å². The number of carbonyl (C=O) groups is 1. The van der Waals surface area contributed by atoms with Gasteiger partial charge in [0.15, 0.2) is 0 Å². The van der Waals surface area contributed by atoms with Gasteiger partial charge in [-0.2, -0.15) is 0 Å². The third-order valence-electron chi connectivity index (χ3n) is 1.78. The van der Waals surface area contributed by atoms with Crippen LogP contribution in [-0.4, -0.2) is 17.6 Å². The van der Waals surface area contributed by atoms with Crippen molar-refractivity contribution < 1.29 is 14.3 Å². The maximum Gasteiger partial charge on any atom is 0.312 e. The summed E-state index contributed by atoms with van der Waals surface area (Å²) in [5, 5.41) is 8.72. The highest BCUT2D eigenvalue weighted by atomic mass is 35.5. The van der Waals surface area contributed by atoms with E-state index >= 15 is 0 Å². The van der Waals surface area contributed by atoms with E-state index in [0.717, 1.165) is 0 Å². The van der Waals surface area contributed by atoms with Crippen LogP contribution in [-0.2, 0) is 4.79 Å². The van der Waals surface area contributed by atoms with Crippen molar-refractivity contribution in [3.63, 3.8) is 0 Å². The second kappa shape index (κ2) is 5.57. The monoisotopic (exact) mass is 219 g/mol. The normalized spacial score (nSPS) is 11.6. The molecule has 0 saturated heterocycles. The first-order chi connectivity index (χ1) is 6.15. The Balaban J connectivity index is 0.00000169. The molecule has 1 rings (SSSR count). The number of carboxylic acids is 1. The van der Waals surface area contributed by atoms with Crippen LogP contribution in [0.25, 0.3) is 0 Å². The molecule has 0 saturated carbocycles. The van der Waals surface area contributed by atoms with E-state index in [2.05, 4.69) is 0 Å². The van der Waals surface area contributed by atoms with Crippen molar-refractivity contribution in [2.24, 2.45) is 5.73 Å². The molecule has 0 aliphatic carbocycles. The van der Waals surface area contributed by atoms with Crippen LogP contribution in [0.4, 0.5) is 4.39 Å². The number of hydrogen-bond acceptors (Lipinski definition) is 2. The van der Waals surface area contributed by atoms with Crippen molar-refractivity contribution >= 4 is 18.4 Å². The maximum absolute atomic E-state index is 12.7. The third kappa shape index (κ3) is 2.97. The quantitative estimate of drug-likeness (QED) is 0.807. The molecule has 5 heteroatoms. The number of benzene rings is 1. The molecule has 1 atom stereocenters. The van der Waals surface area contributed by atoms with Crippen LogP contribution in [0.5, 0.6) is 0 Å². The van der Waals surface area contributed by atoms with Gasteiger partial charge in [-0.1, -0.05) is 12.1 Å². The minimum Gasteiger partial charge on any atom is -0.481 e. The van der Waals surface area contributed by atoms with Crippen LogP contribution in [0.3, 0.4) is 0 Å². The van der Waals surface area contributed by atoms with Gasteiger partial charge in [0, 0.05) is 6.54 Å². The standard InChI is InChI=1S/C9H10FNO2.ClH/c10-7-3-1-2-6(4-7)8(5-11)9(12)13;/h1-4,8H,5,11H2,(H,12,13);1H. The number of nitrogens with two attached hydrogens (primary N) is 1. The average molecular weight is 220 g/mol. The van der Waals surface area contributed by atoms with Gasteiger partial charge >= 0.3 is 5.97 Å². The van der Waals surface area contributed by atoms with Gasteiger partial charge in [-0.25, -0.2) is 4.39 Å². The minimum atomic E-state index is -1.03. The van der Waals surface area contributed by atoms with Crippen LogP contribution >= 0.6 is 12.4 Å². The molecule has 1 aromatic rings. The average Bonchev–Trinajstić information content (AvgIpc) is 2.04. The highest BCUT2D eigenvalue weighted by Crippen LogP contribution is 2.15. The summed E-state index contributed by atoms with van der Waals surface area (Å²) in [7, 11) is 0. The Morgan fingerprint density at radius 3 is 2.64 bits per heavy atom. The molecular weight excluding hydrogens is 209 g/mol. The predicted octanol–water partition coefficient (Wildman–Crippen LogP) is 1.37. The summed E-state index contributed by atoms with van der Waals surface area (Å²) < 4.78 is 12.7. The van der Waals surface area contributed by atoms with Crippen molar-refractivity contribution in [1.29, 1.82) is 0 Å². The second-order valence-corrected chi connectivity index (χ2v) is 2.68. The maximum atomic E-state index is 12.7. The zero-order valence-corrected chi connectivity index (χ0v) is 8.13. The Hall–Kier alpha value is -1.13. The first-order valence-electron chi connectivity index (χ1n) is 3.83. The Morgan fingerprint density at radius 1 is 1.57 bits per heavy atom. The van der Waals surface area contributed by atoms with E-state index < -0.39 is 17.7 Å². The first kappa shape index (κ1) is 12.9. The highest BCUT2D eigenvalue weighted by molar-refractivity contribution is 5.85. The van der Waals surface area contributed by atoms with Gasteiger partial charge in [0.25, 0.3) is 0 Å². The van der Waals surface area contributed by atoms with Gasteiger partial charge in [0.2, 0.25) is 0 Å². The number of hydrogen-bond donors (Lipinski definition) is 2. The summed E-state index contributed by atoms with van der Waals surface area (Å²) in [4.78, 5) is 10.6. The van der Waals surface area contributed by atoms with Gasteiger partial charge in [-0.05, 0) is 17.7 Å². The Kier molecular flexibility index (Phi) is 5.12. The van der Waals surface area contributed by atoms with Crippen LogP contribution in [0, 0.1) is 5.82 Å². The molecule has 78 valence electrons. The van der Waals surface area contributed by atoms with Crippen LogP contribution in [0.1, 0.15) is 11.5 Å². The van der Waals surface area contributed by atoms with Gasteiger partial charge in [-0.15, -0.1) is 12.4 Å². The van der Waals surface area contributed by atoms with E-state index in [1.807, 2.05) is 0 Å². The molecule has 14 heavy (non-hydrogen) atoms. The molecule has 0 aliphatic heterocycles. The SMILES string of the molecule is Cl.NCC(C(=O)O)c1cccc(F)c1. The Morgan fingerprint density at radius 2 is 2.21 bits per heavy atom. The lowest BCUT2D eigenvalue weighted by atomic mass is 10.00. The highest BCUT2D eigenvalue weighted by Gasteiger charge is 2.17. The smallest absolute Gasteiger partial charge is 0.312 e. The van der Waals surface area contributed by atoms with Crippen LogP contribution in [0.2, 0.25) is 0 Å². The molecule has 1 unspecified atom stereocenters. The van der Waals surface area contributed by atoms with Crippen molar-refractivity contribution in [1.82, 2.24) is 0 Å². The molecule has 0 radical (unpaired) electrons. The molecule has 0 aliphatic rings. The summed E-state index contributed by atoms with van der Waals surface area (Å²) in [6.07, 6.45) is 0. The minimum absolute atomic E-state index is 0.